The average Bonchev–Trinajstić information content (AvgIpc) is 2.85. The highest BCUT2D eigenvalue weighted by Gasteiger charge is 2.12. The fraction of sp³-hybridized carbons (Fsp3) is 0.231. The molecule has 0 aliphatic rings. The molecule has 1 heterocycles. The largest absolute Gasteiger partial charge is 0.496 e. The van der Waals surface area contributed by atoms with Gasteiger partial charge in [0.25, 0.3) is 0 Å². The summed E-state index contributed by atoms with van der Waals surface area (Å²) in [6, 6.07) is 6.87. The van der Waals surface area contributed by atoms with E-state index in [1.165, 1.54) is 0 Å². The van der Waals surface area contributed by atoms with Crippen molar-refractivity contribution in [2.24, 2.45) is 0 Å². The van der Waals surface area contributed by atoms with Crippen LogP contribution in [0.1, 0.15) is 12.2 Å². The molecule has 0 amide bonds. The number of benzene rings is 1. The van der Waals surface area contributed by atoms with Crippen molar-refractivity contribution >= 4 is 17.6 Å². The smallest absolute Gasteiger partial charge is 0.303 e. The van der Waals surface area contributed by atoms with Crippen molar-refractivity contribution < 1.29 is 19.2 Å². The fourth-order valence-corrected chi connectivity index (χ4v) is 1.84. The lowest BCUT2D eigenvalue weighted by Gasteiger charge is -2.05. The Morgan fingerprint density at radius 2 is 2.26 bits per heavy atom. The Bertz CT molecular complexity index is 594. The summed E-state index contributed by atoms with van der Waals surface area (Å²) in [5, 5.41) is 13.1. The minimum atomic E-state index is -0.877. The number of aryl methyl sites for hydroxylation is 1. The van der Waals surface area contributed by atoms with Crippen molar-refractivity contribution in [2.45, 2.75) is 12.8 Å². The molecule has 19 heavy (non-hydrogen) atoms. The first-order valence-corrected chi connectivity index (χ1v) is 5.99. The lowest BCUT2D eigenvalue weighted by atomic mass is 10.1. The third-order valence-corrected chi connectivity index (χ3v) is 2.82. The zero-order valence-corrected chi connectivity index (χ0v) is 11.0. The minimum Gasteiger partial charge on any atom is -0.496 e. The van der Waals surface area contributed by atoms with Gasteiger partial charge < -0.3 is 14.4 Å². The molecule has 0 fully saturated rings. The van der Waals surface area contributed by atoms with E-state index >= 15 is 0 Å². The number of carbonyl (C=O) groups is 1. The molecule has 0 aliphatic heterocycles. The molecule has 0 aliphatic carbocycles. The van der Waals surface area contributed by atoms with Gasteiger partial charge >= 0.3 is 5.97 Å². The summed E-state index contributed by atoms with van der Waals surface area (Å²) in [4.78, 5) is 10.5. The van der Waals surface area contributed by atoms with E-state index in [4.69, 9.17) is 26.0 Å². The number of rotatable bonds is 5. The number of aliphatic carboxylic acids is 1. The summed E-state index contributed by atoms with van der Waals surface area (Å²) < 4.78 is 10.3. The van der Waals surface area contributed by atoms with E-state index in [2.05, 4.69) is 5.16 Å². The van der Waals surface area contributed by atoms with Crippen molar-refractivity contribution in [3.05, 3.63) is 35.0 Å². The second-order valence-corrected chi connectivity index (χ2v) is 4.35. The van der Waals surface area contributed by atoms with Crippen LogP contribution in [0.3, 0.4) is 0 Å². The highest BCUT2D eigenvalue weighted by Crippen LogP contribution is 2.32. The molecule has 0 radical (unpaired) electrons. The molecule has 2 rings (SSSR count). The molecule has 1 aromatic carbocycles. The standard InChI is InChI=1S/C13H12ClNO4/c1-18-12-4-2-8(14)6-10(12)11-7-9(19-15-11)3-5-13(16)17/h2,4,6-7H,3,5H2,1H3,(H,16,17). The second-order valence-electron chi connectivity index (χ2n) is 3.92. The lowest BCUT2D eigenvalue weighted by Crippen LogP contribution is -1.96. The topological polar surface area (TPSA) is 72.6 Å². The number of aromatic nitrogens is 1. The monoisotopic (exact) mass is 281 g/mol. The molecule has 2 aromatic rings. The molecule has 1 aromatic heterocycles. The van der Waals surface area contributed by atoms with Crippen molar-refractivity contribution in [3.8, 4) is 17.0 Å². The highest BCUT2D eigenvalue weighted by atomic mass is 35.5. The quantitative estimate of drug-likeness (QED) is 0.912. The number of halogens is 1. The molecule has 1 N–H and O–H groups in total. The van der Waals surface area contributed by atoms with E-state index in [0.717, 1.165) is 0 Å². The van der Waals surface area contributed by atoms with E-state index < -0.39 is 5.97 Å². The fourth-order valence-electron chi connectivity index (χ4n) is 1.67. The number of nitrogens with zero attached hydrogens (tertiary/aromatic N) is 1. The van der Waals surface area contributed by atoms with E-state index in [9.17, 15) is 4.79 Å². The van der Waals surface area contributed by atoms with Crippen LogP contribution in [-0.4, -0.2) is 23.3 Å². The molecule has 5 nitrogen and oxygen atoms in total. The Morgan fingerprint density at radius 1 is 1.47 bits per heavy atom. The van der Waals surface area contributed by atoms with Gasteiger partial charge in [0, 0.05) is 23.1 Å². The molecule has 0 spiro atoms. The SMILES string of the molecule is COc1ccc(Cl)cc1-c1cc(CCC(=O)O)on1. The van der Waals surface area contributed by atoms with Crippen LogP contribution in [0.15, 0.2) is 28.8 Å². The van der Waals surface area contributed by atoms with Gasteiger partial charge in [0.2, 0.25) is 0 Å². The van der Waals surface area contributed by atoms with Gasteiger partial charge in [-0.1, -0.05) is 16.8 Å². The minimum absolute atomic E-state index is 0.00130. The lowest BCUT2D eigenvalue weighted by molar-refractivity contribution is -0.137. The van der Waals surface area contributed by atoms with Crippen LogP contribution in [-0.2, 0) is 11.2 Å². The molecule has 0 unspecified atom stereocenters. The van der Waals surface area contributed by atoms with Crippen molar-refractivity contribution in [2.75, 3.05) is 7.11 Å². The summed E-state index contributed by atoms with van der Waals surface area (Å²) >= 11 is 5.94. The molecular weight excluding hydrogens is 270 g/mol. The van der Waals surface area contributed by atoms with Gasteiger partial charge in [0.05, 0.1) is 13.5 Å². The maximum atomic E-state index is 10.5. The Balaban J connectivity index is 2.27. The van der Waals surface area contributed by atoms with Gasteiger partial charge in [-0.2, -0.15) is 0 Å². The van der Waals surface area contributed by atoms with Crippen LogP contribution in [0.4, 0.5) is 0 Å². The van der Waals surface area contributed by atoms with Gasteiger partial charge in [-0.05, 0) is 18.2 Å². The van der Waals surface area contributed by atoms with E-state index in [1.807, 2.05) is 0 Å². The van der Waals surface area contributed by atoms with Crippen molar-refractivity contribution in [1.82, 2.24) is 5.16 Å². The first-order valence-electron chi connectivity index (χ1n) is 5.61. The molecule has 0 saturated heterocycles. The number of ether oxygens (including phenoxy) is 1. The first kappa shape index (κ1) is 13.4. The molecule has 0 atom stereocenters. The second kappa shape index (κ2) is 5.75. The third-order valence-electron chi connectivity index (χ3n) is 2.58. The van der Waals surface area contributed by atoms with Gasteiger partial charge in [-0.3, -0.25) is 4.79 Å². The zero-order valence-electron chi connectivity index (χ0n) is 10.2. The summed E-state index contributed by atoms with van der Waals surface area (Å²) in [5.74, 6) is 0.264. The molecule has 0 saturated carbocycles. The first-order chi connectivity index (χ1) is 9.10. The van der Waals surface area contributed by atoms with Crippen LogP contribution >= 0.6 is 11.6 Å². The van der Waals surface area contributed by atoms with Crippen molar-refractivity contribution in [3.63, 3.8) is 0 Å². The van der Waals surface area contributed by atoms with E-state index in [0.29, 0.717) is 34.2 Å². The molecule has 0 bridgehead atoms. The predicted molar refractivity (Wildman–Crippen MR) is 69.5 cm³/mol. The molecular formula is C13H12ClNO4. The van der Waals surface area contributed by atoms with Crippen LogP contribution in [0.5, 0.6) is 5.75 Å². The third kappa shape index (κ3) is 3.26. The summed E-state index contributed by atoms with van der Waals surface area (Å²) in [5.41, 5.74) is 1.28. The van der Waals surface area contributed by atoms with Gasteiger partial charge in [0.15, 0.2) is 0 Å². The van der Waals surface area contributed by atoms with Crippen LogP contribution in [0, 0.1) is 0 Å². The Morgan fingerprint density at radius 3 is 2.95 bits per heavy atom. The average molecular weight is 282 g/mol. The zero-order chi connectivity index (χ0) is 13.8. The number of carboxylic acid groups (broad SMARTS) is 1. The highest BCUT2D eigenvalue weighted by molar-refractivity contribution is 6.30. The number of methoxy groups -OCH3 is 1. The Hall–Kier alpha value is -2.01. The van der Waals surface area contributed by atoms with Gasteiger partial charge in [-0.15, -0.1) is 0 Å². The number of hydrogen-bond acceptors (Lipinski definition) is 4. The van der Waals surface area contributed by atoms with Crippen LogP contribution in [0.25, 0.3) is 11.3 Å². The van der Waals surface area contributed by atoms with Crippen LogP contribution in [0.2, 0.25) is 5.02 Å². The normalized spacial score (nSPS) is 10.4. The Labute approximate surface area is 114 Å². The summed E-state index contributed by atoms with van der Waals surface area (Å²) in [6.45, 7) is 0. The number of carboxylic acids is 1. The predicted octanol–water partition coefficient (Wildman–Crippen LogP) is 3.02. The van der Waals surface area contributed by atoms with Gasteiger partial charge in [-0.25, -0.2) is 0 Å². The molecule has 100 valence electrons. The van der Waals surface area contributed by atoms with Crippen LogP contribution < -0.4 is 4.74 Å². The molecule has 6 heteroatoms. The Kier molecular flexibility index (Phi) is 4.06. The van der Waals surface area contributed by atoms with Crippen molar-refractivity contribution in [1.29, 1.82) is 0 Å². The number of hydrogen-bond donors (Lipinski definition) is 1. The van der Waals surface area contributed by atoms with E-state index in [-0.39, 0.29) is 6.42 Å². The van der Waals surface area contributed by atoms with E-state index in [1.54, 1.807) is 31.4 Å². The van der Waals surface area contributed by atoms with Gasteiger partial charge in [0.1, 0.15) is 17.2 Å². The summed E-state index contributed by atoms with van der Waals surface area (Å²) in [6.07, 6.45) is 0.298. The summed E-state index contributed by atoms with van der Waals surface area (Å²) in [7, 11) is 1.55. The maximum absolute atomic E-state index is 10.5. The maximum Gasteiger partial charge on any atom is 0.303 e.